The van der Waals surface area contributed by atoms with Gasteiger partial charge in [-0.2, -0.15) is 0 Å². The lowest BCUT2D eigenvalue weighted by Gasteiger charge is -2.05. The fourth-order valence-corrected chi connectivity index (χ4v) is 2.83. The maximum atomic E-state index is 12.1. The molecule has 2 heterocycles. The number of anilines is 1. The van der Waals surface area contributed by atoms with Crippen LogP contribution in [0, 0.1) is 6.92 Å². The Bertz CT molecular complexity index is 738. The van der Waals surface area contributed by atoms with Crippen LogP contribution < -0.4 is 10.6 Å². The van der Waals surface area contributed by atoms with Crippen LogP contribution >= 0.6 is 11.3 Å². The summed E-state index contributed by atoms with van der Waals surface area (Å²) in [6.07, 6.45) is 1.40. The average Bonchev–Trinajstić information content (AvgIpc) is 3.23. The number of carbonyl (C=O) groups is 3. The van der Waals surface area contributed by atoms with Crippen molar-refractivity contribution in [1.29, 1.82) is 0 Å². The number of methoxy groups -OCH3 is 1. The van der Waals surface area contributed by atoms with Crippen molar-refractivity contribution in [2.45, 2.75) is 6.92 Å². The molecule has 0 saturated heterocycles. The number of esters is 1. The zero-order valence-electron chi connectivity index (χ0n) is 13.8. The number of hydrogen-bond acceptors (Lipinski definition) is 7. The second-order valence-electron chi connectivity index (χ2n) is 4.97. The van der Waals surface area contributed by atoms with E-state index in [1.165, 1.54) is 19.4 Å². The third-order valence-electron chi connectivity index (χ3n) is 3.05. The maximum Gasteiger partial charge on any atom is 0.349 e. The normalized spacial score (nSPS) is 10.3. The smallest absolute Gasteiger partial charge is 0.349 e. The van der Waals surface area contributed by atoms with E-state index in [1.807, 2.05) is 0 Å². The van der Waals surface area contributed by atoms with Gasteiger partial charge in [-0.05, 0) is 30.7 Å². The number of amides is 2. The van der Waals surface area contributed by atoms with E-state index < -0.39 is 17.8 Å². The number of thiophene rings is 1. The molecule has 2 aromatic rings. The standard InChI is InChI=1S/C16H18N2O6S/c1-10-8-13(18-15(20)11-4-3-6-23-11)25-14(10)16(21)24-9-12(19)17-5-7-22-2/h3-4,6,8H,5,7,9H2,1-2H3,(H,17,19)(H,18,20). The van der Waals surface area contributed by atoms with Crippen molar-refractivity contribution in [2.75, 3.05) is 32.2 Å². The first-order valence-corrected chi connectivity index (χ1v) is 8.21. The van der Waals surface area contributed by atoms with E-state index in [0.29, 0.717) is 28.6 Å². The molecule has 2 amide bonds. The Balaban J connectivity index is 1.89. The quantitative estimate of drug-likeness (QED) is 0.545. The van der Waals surface area contributed by atoms with E-state index in [-0.39, 0.29) is 12.4 Å². The molecule has 8 nitrogen and oxygen atoms in total. The number of hydrogen-bond donors (Lipinski definition) is 2. The number of nitrogens with one attached hydrogen (secondary N) is 2. The van der Waals surface area contributed by atoms with Gasteiger partial charge < -0.3 is 24.5 Å². The number of furan rings is 1. The summed E-state index contributed by atoms with van der Waals surface area (Å²) in [5.74, 6) is -1.28. The minimum atomic E-state index is -0.622. The highest BCUT2D eigenvalue weighted by atomic mass is 32.1. The predicted molar refractivity (Wildman–Crippen MR) is 90.9 cm³/mol. The Hall–Kier alpha value is -2.65. The first kappa shape index (κ1) is 18.7. The van der Waals surface area contributed by atoms with E-state index >= 15 is 0 Å². The Morgan fingerprint density at radius 1 is 1.32 bits per heavy atom. The number of rotatable bonds is 8. The molecule has 2 N–H and O–H groups in total. The zero-order chi connectivity index (χ0) is 18.2. The first-order chi connectivity index (χ1) is 12.0. The summed E-state index contributed by atoms with van der Waals surface area (Å²) in [5, 5.41) is 5.67. The summed E-state index contributed by atoms with van der Waals surface area (Å²) < 4.78 is 14.8. The van der Waals surface area contributed by atoms with Crippen molar-refractivity contribution >= 4 is 34.1 Å². The number of aryl methyl sites for hydroxylation is 1. The molecule has 0 unspecified atom stereocenters. The van der Waals surface area contributed by atoms with Gasteiger partial charge in [-0.25, -0.2) is 4.79 Å². The van der Waals surface area contributed by atoms with Crippen LogP contribution in [0.1, 0.15) is 25.8 Å². The molecule has 0 aliphatic heterocycles. The van der Waals surface area contributed by atoms with Crippen LogP contribution in [-0.2, 0) is 14.3 Å². The fourth-order valence-electron chi connectivity index (χ4n) is 1.87. The van der Waals surface area contributed by atoms with Gasteiger partial charge in [-0.1, -0.05) is 0 Å². The molecule has 0 radical (unpaired) electrons. The second kappa shape index (κ2) is 9.00. The largest absolute Gasteiger partial charge is 0.459 e. The molecule has 0 aromatic carbocycles. The summed E-state index contributed by atoms with van der Waals surface area (Å²) in [4.78, 5) is 35.8. The molecule has 0 saturated carbocycles. The van der Waals surface area contributed by atoms with Crippen molar-refractivity contribution in [3.05, 3.63) is 40.7 Å². The lowest BCUT2D eigenvalue weighted by Crippen LogP contribution is -2.31. The van der Waals surface area contributed by atoms with Crippen molar-refractivity contribution < 1.29 is 28.3 Å². The monoisotopic (exact) mass is 366 g/mol. The summed E-state index contributed by atoms with van der Waals surface area (Å²) in [5.41, 5.74) is 0.643. The lowest BCUT2D eigenvalue weighted by atomic mass is 10.3. The minimum absolute atomic E-state index is 0.169. The number of ether oxygens (including phenoxy) is 2. The summed E-state index contributed by atoms with van der Waals surface area (Å²) in [7, 11) is 1.52. The molecule has 0 aliphatic carbocycles. The molecular formula is C16H18N2O6S. The minimum Gasteiger partial charge on any atom is -0.459 e. The van der Waals surface area contributed by atoms with Gasteiger partial charge in [0.25, 0.3) is 11.8 Å². The van der Waals surface area contributed by atoms with E-state index in [4.69, 9.17) is 13.9 Å². The van der Waals surface area contributed by atoms with Crippen LogP contribution in [-0.4, -0.2) is 44.7 Å². The fraction of sp³-hybridized carbons (Fsp3) is 0.312. The van der Waals surface area contributed by atoms with Gasteiger partial charge in [0.15, 0.2) is 12.4 Å². The Morgan fingerprint density at radius 2 is 2.12 bits per heavy atom. The molecule has 134 valence electrons. The maximum absolute atomic E-state index is 12.1. The third-order valence-corrected chi connectivity index (χ3v) is 4.18. The van der Waals surface area contributed by atoms with E-state index in [1.54, 1.807) is 19.1 Å². The molecule has 25 heavy (non-hydrogen) atoms. The molecule has 0 fully saturated rings. The summed E-state index contributed by atoms with van der Waals surface area (Å²) >= 11 is 1.07. The van der Waals surface area contributed by atoms with E-state index in [9.17, 15) is 14.4 Å². The molecule has 2 aromatic heterocycles. The third kappa shape index (κ3) is 5.44. The lowest BCUT2D eigenvalue weighted by molar-refractivity contribution is -0.124. The van der Waals surface area contributed by atoms with Crippen LogP contribution in [0.4, 0.5) is 5.00 Å². The zero-order valence-corrected chi connectivity index (χ0v) is 14.6. The van der Waals surface area contributed by atoms with Gasteiger partial charge in [0.05, 0.1) is 17.9 Å². The Kier molecular flexibility index (Phi) is 6.72. The van der Waals surface area contributed by atoms with Crippen LogP contribution in [0.5, 0.6) is 0 Å². The van der Waals surface area contributed by atoms with Crippen molar-refractivity contribution in [3.63, 3.8) is 0 Å². The predicted octanol–water partition coefficient (Wildman–Crippen LogP) is 1.82. The van der Waals surface area contributed by atoms with E-state index in [2.05, 4.69) is 10.6 Å². The second-order valence-corrected chi connectivity index (χ2v) is 6.03. The Morgan fingerprint density at radius 3 is 2.80 bits per heavy atom. The molecular weight excluding hydrogens is 348 g/mol. The molecule has 9 heteroatoms. The van der Waals surface area contributed by atoms with Crippen LogP contribution in [0.15, 0.2) is 28.9 Å². The van der Waals surface area contributed by atoms with Gasteiger partial charge >= 0.3 is 5.97 Å². The van der Waals surface area contributed by atoms with Gasteiger partial charge in [0.1, 0.15) is 4.88 Å². The average molecular weight is 366 g/mol. The SMILES string of the molecule is COCCNC(=O)COC(=O)c1sc(NC(=O)c2ccco2)cc1C. The molecule has 0 atom stereocenters. The summed E-state index contributed by atoms with van der Waals surface area (Å²) in [6.45, 7) is 2.05. The van der Waals surface area contributed by atoms with Gasteiger partial charge in [-0.3, -0.25) is 9.59 Å². The number of carbonyl (C=O) groups excluding carboxylic acids is 3. The van der Waals surface area contributed by atoms with Gasteiger partial charge in [0.2, 0.25) is 0 Å². The highest BCUT2D eigenvalue weighted by molar-refractivity contribution is 7.18. The van der Waals surface area contributed by atoms with Crippen LogP contribution in [0.2, 0.25) is 0 Å². The van der Waals surface area contributed by atoms with Crippen LogP contribution in [0.25, 0.3) is 0 Å². The van der Waals surface area contributed by atoms with E-state index in [0.717, 1.165) is 11.3 Å². The summed E-state index contributed by atoms with van der Waals surface area (Å²) in [6, 6.07) is 4.79. The van der Waals surface area contributed by atoms with Crippen LogP contribution in [0.3, 0.4) is 0 Å². The molecule has 0 spiro atoms. The van der Waals surface area contributed by atoms with Crippen molar-refractivity contribution in [3.8, 4) is 0 Å². The van der Waals surface area contributed by atoms with Crippen molar-refractivity contribution in [1.82, 2.24) is 5.32 Å². The highest BCUT2D eigenvalue weighted by Crippen LogP contribution is 2.27. The highest BCUT2D eigenvalue weighted by Gasteiger charge is 2.18. The molecule has 0 bridgehead atoms. The Labute approximate surface area is 148 Å². The molecule has 0 aliphatic rings. The van der Waals surface area contributed by atoms with Gasteiger partial charge in [0, 0.05) is 13.7 Å². The first-order valence-electron chi connectivity index (χ1n) is 7.39. The topological polar surface area (TPSA) is 107 Å². The molecule has 2 rings (SSSR count). The van der Waals surface area contributed by atoms with Gasteiger partial charge in [-0.15, -0.1) is 11.3 Å². The van der Waals surface area contributed by atoms with Crippen molar-refractivity contribution in [2.24, 2.45) is 0 Å².